The number of rotatable bonds is 8. The third-order valence-electron chi connectivity index (χ3n) is 7.34. The van der Waals surface area contributed by atoms with E-state index in [2.05, 4.69) is 100 Å². The number of hydrogen-bond donors (Lipinski definition) is 1. The van der Waals surface area contributed by atoms with Crippen molar-refractivity contribution in [2.75, 3.05) is 0 Å². The molecule has 0 radical (unpaired) electrons. The van der Waals surface area contributed by atoms with Crippen molar-refractivity contribution in [1.29, 1.82) is 0 Å². The summed E-state index contributed by atoms with van der Waals surface area (Å²) in [6.45, 7) is 23.3. The normalized spacial score (nSPS) is 13.0. The van der Waals surface area contributed by atoms with Crippen LogP contribution in [0.2, 0.25) is 0 Å². The van der Waals surface area contributed by atoms with Crippen molar-refractivity contribution in [3.63, 3.8) is 0 Å². The van der Waals surface area contributed by atoms with Gasteiger partial charge in [-0.3, -0.25) is 5.10 Å². The van der Waals surface area contributed by atoms with Crippen molar-refractivity contribution in [1.82, 2.24) is 10.2 Å². The summed E-state index contributed by atoms with van der Waals surface area (Å²) in [6, 6.07) is 13.4. The minimum absolute atomic E-state index is 0. The number of aromatic nitrogens is 2. The number of allylic oxidation sites excluding steroid dienone is 1. The topological polar surface area (TPSA) is 28.7 Å². The van der Waals surface area contributed by atoms with Crippen LogP contribution in [0.3, 0.4) is 0 Å². The van der Waals surface area contributed by atoms with Gasteiger partial charge in [0.25, 0.3) is 0 Å². The number of nitrogens with zero attached hydrogens (tertiary/aromatic N) is 1. The Balaban J connectivity index is 0.00000106. The molecular weight excluding hydrogens is 507 g/mol. The molecule has 1 fully saturated rings. The fourth-order valence-electron chi connectivity index (χ4n) is 5.22. The van der Waals surface area contributed by atoms with Gasteiger partial charge in [-0.15, -0.1) is 0 Å². The number of unbranched alkanes of at least 4 members (excludes halogenated alkanes) is 5. The van der Waals surface area contributed by atoms with Gasteiger partial charge in [-0.05, 0) is 79.3 Å². The molecule has 1 heterocycles. The summed E-state index contributed by atoms with van der Waals surface area (Å²) in [7, 11) is 0. The molecule has 1 aromatic heterocycles. The Bertz CT molecular complexity index is 1240. The van der Waals surface area contributed by atoms with Gasteiger partial charge in [-0.2, -0.15) is 17.9 Å². The Kier molecular flexibility index (Phi) is 22.0. The predicted octanol–water partition coefficient (Wildman–Crippen LogP) is 7.84. The Morgan fingerprint density at radius 2 is 1.66 bits per heavy atom. The Hall–Kier alpha value is -1.61. The minimum atomic E-state index is 0. The molecule has 3 aromatic rings. The van der Waals surface area contributed by atoms with Crippen LogP contribution >= 0.6 is 0 Å². The van der Waals surface area contributed by atoms with E-state index < -0.39 is 0 Å². The molecule has 0 spiro atoms. The molecule has 0 bridgehead atoms. The van der Waals surface area contributed by atoms with Crippen LogP contribution in [0.4, 0.5) is 0 Å². The van der Waals surface area contributed by atoms with Crippen molar-refractivity contribution in [3.05, 3.63) is 76.7 Å². The molecule has 1 aliphatic rings. The van der Waals surface area contributed by atoms with Gasteiger partial charge >= 0.3 is 29.6 Å². The van der Waals surface area contributed by atoms with E-state index in [1.807, 2.05) is 27.7 Å². The monoisotopic (exact) mass is 566 g/mol. The second-order valence-corrected chi connectivity index (χ2v) is 10.7. The summed E-state index contributed by atoms with van der Waals surface area (Å²) in [4.78, 5) is 0. The Labute approximate surface area is 275 Å². The van der Waals surface area contributed by atoms with E-state index in [9.17, 15) is 0 Å². The smallest absolute Gasteiger partial charge is 0.329 e. The standard InChI is InChI=1S/C26H30N2.C8H17.2C2H6.Na/c1-17(2)23-12-10-18(3)14-22(23)15-19(4)26-24-16-21(11-13-25(24)27-28-26)20-8-6-5-7-9-20;1-3-5-7-8-6-4-2;2*1-2;/h10-16,20H,4-9H2,1-3H3,(H,27,28);5H,3-4,6-8H2,1-2H3;2*1-2H3;/q;-1;;;+1/b22-15-;;;;. The maximum Gasteiger partial charge on any atom is 1.00 e. The van der Waals surface area contributed by atoms with Crippen molar-refractivity contribution in [3.8, 4) is 0 Å². The summed E-state index contributed by atoms with van der Waals surface area (Å²) >= 11 is 0. The van der Waals surface area contributed by atoms with Crippen LogP contribution in [0.25, 0.3) is 28.1 Å². The molecule has 0 saturated heterocycles. The van der Waals surface area contributed by atoms with Gasteiger partial charge in [-0.25, -0.2) is 0 Å². The van der Waals surface area contributed by atoms with Gasteiger partial charge in [0.05, 0.1) is 11.2 Å². The number of hydrogen-bond acceptors (Lipinski definition) is 1. The first-order valence-corrected chi connectivity index (χ1v) is 16.2. The summed E-state index contributed by atoms with van der Waals surface area (Å²) in [6.07, 6.45) is 17.9. The molecule has 0 aliphatic heterocycles. The first-order valence-electron chi connectivity index (χ1n) is 16.2. The van der Waals surface area contributed by atoms with Gasteiger partial charge < -0.3 is 6.42 Å². The first-order chi connectivity index (χ1) is 19.4. The fraction of sp³-hybridized carbons (Fsp3) is 0.526. The van der Waals surface area contributed by atoms with Crippen molar-refractivity contribution < 1.29 is 29.6 Å². The van der Waals surface area contributed by atoms with Gasteiger partial charge in [0.15, 0.2) is 0 Å². The summed E-state index contributed by atoms with van der Waals surface area (Å²) in [5, 5.41) is 11.5. The van der Waals surface area contributed by atoms with Crippen LogP contribution in [0.15, 0.2) is 43.0 Å². The second kappa shape index (κ2) is 22.9. The number of benzene rings is 2. The van der Waals surface area contributed by atoms with Crippen molar-refractivity contribution >= 4 is 28.1 Å². The maximum atomic E-state index is 4.61. The van der Waals surface area contributed by atoms with E-state index in [1.165, 1.54) is 96.7 Å². The van der Waals surface area contributed by atoms with Crippen LogP contribution in [0.1, 0.15) is 142 Å². The van der Waals surface area contributed by atoms with E-state index in [0.29, 0.717) is 5.92 Å². The zero-order valence-electron chi connectivity index (χ0n) is 28.4. The van der Waals surface area contributed by atoms with Crippen LogP contribution in [0.5, 0.6) is 0 Å². The number of aromatic amines is 1. The van der Waals surface area contributed by atoms with Crippen LogP contribution < -0.4 is 40.0 Å². The average molecular weight is 567 g/mol. The molecule has 0 unspecified atom stereocenters. The average Bonchev–Trinajstić information content (AvgIpc) is 3.42. The van der Waals surface area contributed by atoms with Crippen molar-refractivity contribution in [2.45, 2.75) is 132 Å². The van der Waals surface area contributed by atoms with E-state index in [1.54, 1.807) is 0 Å². The van der Waals surface area contributed by atoms with E-state index in [4.69, 9.17) is 0 Å². The molecule has 222 valence electrons. The number of nitrogens with one attached hydrogen (secondary N) is 1. The quantitative estimate of drug-likeness (QED) is 0.168. The minimum Gasteiger partial charge on any atom is -0.329 e. The summed E-state index contributed by atoms with van der Waals surface area (Å²) in [5.41, 5.74) is 7.04. The third kappa shape index (κ3) is 13.1. The van der Waals surface area contributed by atoms with Gasteiger partial charge in [0.1, 0.15) is 0 Å². The largest absolute Gasteiger partial charge is 1.00 e. The molecule has 1 aliphatic carbocycles. The molecule has 2 nitrogen and oxygen atoms in total. The fourth-order valence-corrected chi connectivity index (χ4v) is 5.22. The summed E-state index contributed by atoms with van der Waals surface area (Å²) < 4.78 is 0. The molecule has 1 saturated carbocycles. The molecule has 1 N–H and O–H groups in total. The van der Waals surface area contributed by atoms with E-state index in [-0.39, 0.29) is 29.6 Å². The number of aryl methyl sites for hydroxylation is 1. The van der Waals surface area contributed by atoms with E-state index in [0.717, 1.165) is 16.8 Å². The summed E-state index contributed by atoms with van der Waals surface area (Å²) in [5.74, 6) is 0.693. The number of fused-ring (bicyclic) bond motifs is 1. The van der Waals surface area contributed by atoms with Crippen LogP contribution in [-0.4, -0.2) is 10.2 Å². The molecule has 0 atom stereocenters. The zero-order chi connectivity index (χ0) is 29.9. The molecule has 2 aromatic carbocycles. The first kappa shape index (κ1) is 39.4. The maximum absolute atomic E-state index is 4.61. The second-order valence-electron chi connectivity index (χ2n) is 10.7. The van der Waals surface area contributed by atoms with Crippen molar-refractivity contribution in [2.24, 2.45) is 0 Å². The van der Waals surface area contributed by atoms with Crippen LogP contribution in [0, 0.1) is 13.3 Å². The Morgan fingerprint density at radius 1 is 0.976 bits per heavy atom. The molecule has 3 heteroatoms. The van der Waals surface area contributed by atoms with Gasteiger partial charge in [0, 0.05) is 5.39 Å². The molecule has 0 amide bonds. The van der Waals surface area contributed by atoms with Crippen LogP contribution in [-0.2, 0) is 0 Å². The molecule has 41 heavy (non-hydrogen) atoms. The third-order valence-corrected chi connectivity index (χ3v) is 7.34. The predicted molar refractivity (Wildman–Crippen MR) is 182 cm³/mol. The van der Waals surface area contributed by atoms with Gasteiger partial charge in [-0.1, -0.05) is 122 Å². The van der Waals surface area contributed by atoms with Gasteiger partial charge in [0.2, 0.25) is 0 Å². The molecular formula is C38H59N2Na. The zero-order valence-corrected chi connectivity index (χ0v) is 30.4. The molecule has 4 rings (SSSR count). The van der Waals surface area contributed by atoms with E-state index >= 15 is 0 Å². The SMILES string of the molecule is C=C(/C=c1/cc(C)ccc1=C(C)C)c1n[nH]c2ccc(C3CCCCC3)cc12.CC.CC.CC[CH-]CCCCC.[Na+]. The number of H-pyrrole nitrogens is 1. The Morgan fingerprint density at radius 3 is 2.27 bits per heavy atom.